The van der Waals surface area contributed by atoms with Gasteiger partial charge in [-0.3, -0.25) is 19.2 Å². The Morgan fingerprint density at radius 2 is 1.74 bits per heavy atom. The summed E-state index contributed by atoms with van der Waals surface area (Å²) in [6, 6.07) is 3.54. The first kappa shape index (κ1) is 41.5. The number of carbonyl (C=O) groups excluding carboxylic acids is 5. The molecule has 1 aliphatic heterocycles. The third-order valence-electron chi connectivity index (χ3n) is 11.0. The molecule has 0 spiro atoms. The van der Waals surface area contributed by atoms with Crippen LogP contribution in [0.25, 0.3) is 0 Å². The minimum atomic E-state index is -3.53. The zero-order valence-corrected chi connectivity index (χ0v) is 32.5. The first-order valence-corrected chi connectivity index (χ1v) is 20.2. The predicted octanol–water partition coefficient (Wildman–Crippen LogP) is 2.16. The van der Waals surface area contributed by atoms with Crippen LogP contribution in [0, 0.1) is 35.5 Å². The molecule has 4 N–H and O–H groups in total. The fraction of sp³-hybridized carbons (Fsp3) is 0.615. The van der Waals surface area contributed by atoms with Crippen molar-refractivity contribution in [1.29, 1.82) is 0 Å². The number of ketones is 1. The van der Waals surface area contributed by atoms with Crippen molar-refractivity contribution in [1.82, 2.24) is 30.5 Å². The van der Waals surface area contributed by atoms with Crippen molar-refractivity contribution < 1.29 is 32.4 Å². The molecule has 4 rings (SSSR count). The van der Waals surface area contributed by atoms with E-state index in [9.17, 15) is 32.4 Å². The Labute approximate surface area is 314 Å². The first-order chi connectivity index (χ1) is 25.0. The molecule has 0 radical (unpaired) electrons. The van der Waals surface area contributed by atoms with Gasteiger partial charge in [0.2, 0.25) is 27.6 Å². The Bertz CT molecular complexity index is 1670. The van der Waals surface area contributed by atoms with Gasteiger partial charge in [-0.15, -0.1) is 18.9 Å². The average Bonchev–Trinajstić information content (AvgIpc) is 3.85. The summed E-state index contributed by atoms with van der Waals surface area (Å²) in [5.74, 6) is -0.677. The molecule has 2 aliphatic carbocycles. The van der Waals surface area contributed by atoms with Crippen LogP contribution in [-0.4, -0.2) is 104 Å². The van der Waals surface area contributed by atoms with Crippen molar-refractivity contribution in [3.05, 3.63) is 48.0 Å². The fourth-order valence-electron chi connectivity index (χ4n) is 7.89. The number of amides is 5. The van der Waals surface area contributed by atoms with Gasteiger partial charge in [0.15, 0.2) is 0 Å². The molecular formula is C39H56N6O7S. The number of nitrogens with zero attached hydrogens (tertiary/aromatic N) is 2. The highest BCUT2D eigenvalue weighted by atomic mass is 32.2. The van der Waals surface area contributed by atoms with Gasteiger partial charge in [0.05, 0.1) is 11.8 Å². The van der Waals surface area contributed by atoms with E-state index in [0.717, 1.165) is 24.0 Å². The number of urea groups is 1. The molecule has 290 valence electrons. The molecule has 1 aromatic carbocycles. The van der Waals surface area contributed by atoms with Crippen molar-refractivity contribution >= 4 is 39.6 Å². The Kier molecular flexibility index (Phi) is 13.9. The smallest absolute Gasteiger partial charge is 0.315 e. The third-order valence-corrected chi connectivity index (χ3v) is 12.8. The second kappa shape index (κ2) is 17.7. The number of nitrogens with one attached hydrogen (secondary N) is 4. The Morgan fingerprint density at radius 1 is 1.08 bits per heavy atom. The molecule has 0 aromatic heterocycles. The molecule has 14 heteroatoms. The van der Waals surface area contributed by atoms with E-state index in [4.69, 9.17) is 6.42 Å². The number of likely N-dealkylation sites (tertiary alicyclic amines) is 1. The number of hydrogen-bond acceptors (Lipinski definition) is 7. The lowest BCUT2D eigenvalue weighted by molar-refractivity contribution is -0.144. The van der Waals surface area contributed by atoms with Crippen LogP contribution >= 0.6 is 0 Å². The predicted molar refractivity (Wildman–Crippen MR) is 203 cm³/mol. The van der Waals surface area contributed by atoms with Gasteiger partial charge in [-0.1, -0.05) is 57.5 Å². The van der Waals surface area contributed by atoms with Gasteiger partial charge in [0.1, 0.15) is 12.1 Å². The standard InChI is InChI=1S/C39H56N6O7S/c1-8-11-19-30(34(46)36(48)40-20-9-2)41-35(47)33-29-18-14-17-27(29)23-45(33)37(49)32(28-21-25-15-12-13-16-26(25)22-28)43-38(50)42-31(39(4,5)6)24-44(7)53(51,52)10-3/h1,9,12-13,15-16,27-33H,2,10-11,14,17-24H2,3-7H3,(H,40,48)(H,41,47)(H2,42,43,50)/t27-,29-,30+,31+,32-,33-/m0/s1. The summed E-state index contributed by atoms with van der Waals surface area (Å²) in [6.07, 6.45) is 10.6. The van der Waals surface area contributed by atoms with Crippen LogP contribution in [0.5, 0.6) is 0 Å². The van der Waals surface area contributed by atoms with E-state index >= 15 is 0 Å². The van der Waals surface area contributed by atoms with Crippen LogP contribution in [0.3, 0.4) is 0 Å². The molecule has 13 nitrogen and oxygen atoms in total. The summed E-state index contributed by atoms with van der Waals surface area (Å²) in [5.41, 5.74) is 1.62. The molecule has 53 heavy (non-hydrogen) atoms. The minimum absolute atomic E-state index is 0.0312. The summed E-state index contributed by atoms with van der Waals surface area (Å²) in [6.45, 7) is 11.2. The highest BCUT2D eigenvalue weighted by molar-refractivity contribution is 7.89. The van der Waals surface area contributed by atoms with Crippen molar-refractivity contribution in [3.63, 3.8) is 0 Å². The molecule has 2 fully saturated rings. The quantitative estimate of drug-likeness (QED) is 0.114. The van der Waals surface area contributed by atoms with Gasteiger partial charge in [0, 0.05) is 39.1 Å². The van der Waals surface area contributed by atoms with Gasteiger partial charge < -0.3 is 26.2 Å². The third kappa shape index (κ3) is 10.1. The highest BCUT2D eigenvalue weighted by Gasteiger charge is 2.52. The monoisotopic (exact) mass is 752 g/mol. The van der Waals surface area contributed by atoms with Gasteiger partial charge in [-0.25, -0.2) is 17.5 Å². The molecule has 6 atom stereocenters. The van der Waals surface area contributed by atoms with Crippen molar-refractivity contribution in [3.8, 4) is 12.3 Å². The molecule has 1 saturated heterocycles. The van der Waals surface area contributed by atoms with Crippen LogP contribution in [0.2, 0.25) is 0 Å². The van der Waals surface area contributed by atoms with Crippen molar-refractivity contribution in [2.75, 3.05) is 32.4 Å². The van der Waals surface area contributed by atoms with E-state index in [2.05, 4.69) is 33.8 Å². The number of likely N-dealkylation sites (N-methyl/N-ethyl adjacent to an activating group) is 1. The SMILES string of the molecule is C#CCC[C@@H](NC(=O)[C@@H]1[C@H]2CCC[C@H]2CN1C(=O)[C@@H](NC(=O)N[C@H](CN(C)S(=O)(=O)CC)C(C)(C)C)C1Cc2ccccc2C1)C(=O)C(=O)NCC=C. The van der Waals surface area contributed by atoms with Gasteiger partial charge in [-0.2, -0.15) is 0 Å². The number of terminal acetylenes is 1. The summed E-state index contributed by atoms with van der Waals surface area (Å²) >= 11 is 0. The fourth-order valence-corrected chi connectivity index (χ4v) is 8.71. The normalized spacial score (nSPS) is 21.5. The van der Waals surface area contributed by atoms with Gasteiger partial charge in [0.25, 0.3) is 5.91 Å². The van der Waals surface area contributed by atoms with E-state index < -0.39 is 69.1 Å². The number of fused-ring (bicyclic) bond motifs is 2. The van der Waals surface area contributed by atoms with Crippen LogP contribution in [0.15, 0.2) is 36.9 Å². The van der Waals surface area contributed by atoms with Crippen molar-refractivity contribution in [2.24, 2.45) is 23.2 Å². The Hall–Kier alpha value is -4.22. The van der Waals surface area contributed by atoms with Crippen LogP contribution in [-0.2, 0) is 42.0 Å². The zero-order chi connectivity index (χ0) is 39.1. The van der Waals surface area contributed by atoms with E-state index in [-0.39, 0.29) is 49.4 Å². The molecule has 1 saturated carbocycles. The minimum Gasteiger partial charge on any atom is -0.346 e. The second-order valence-electron chi connectivity index (χ2n) is 15.6. The molecule has 5 amide bonds. The first-order valence-electron chi connectivity index (χ1n) is 18.6. The second-order valence-corrected chi connectivity index (χ2v) is 18.0. The molecule has 0 bridgehead atoms. The van der Waals surface area contributed by atoms with Crippen molar-refractivity contribution in [2.45, 2.75) is 96.8 Å². The molecule has 0 unspecified atom stereocenters. The molecule has 1 heterocycles. The maximum absolute atomic E-state index is 14.9. The number of hydrogen-bond donors (Lipinski definition) is 4. The number of benzene rings is 1. The number of rotatable bonds is 16. The van der Waals surface area contributed by atoms with Gasteiger partial charge >= 0.3 is 6.03 Å². The van der Waals surface area contributed by atoms with E-state index in [1.165, 1.54) is 17.4 Å². The summed E-state index contributed by atoms with van der Waals surface area (Å²) < 4.78 is 26.4. The number of carbonyl (C=O) groups is 5. The van der Waals surface area contributed by atoms with E-state index in [1.54, 1.807) is 11.8 Å². The lowest BCUT2D eigenvalue weighted by Gasteiger charge is -2.36. The lowest BCUT2D eigenvalue weighted by atomic mass is 9.86. The summed E-state index contributed by atoms with van der Waals surface area (Å²) in [7, 11) is -2.05. The maximum Gasteiger partial charge on any atom is 0.315 e. The largest absolute Gasteiger partial charge is 0.346 e. The summed E-state index contributed by atoms with van der Waals surface area (Å²) in [5, 5.41) is 11.2. The molecule has 3 aliphatic rings. The maximum atomic E-state index is 14.9. The zero-order valence-electron chi connectivity index (χ0n) is 31.7. The highest BCUT2D eigenvalue weighted by Crippen LogP contribution is 2.43. The van der Waals surface area contributed by atoms with Crippen LogP contribution in [0.1, 0.15) is 70.9 Å². The lowest BCUT2D eigenvalue weighted by Crippen LogP contribution is -2.61. The van der Waals surface area contributed by atoms with Crippen LogP contribution < -0.4 is 21.3 Å². The van der Waals surface area contributed by atoms with Gasteiger partial charge in [-0.05, 0) is 73.3 Å². The molecular weight excluding hydrogens is 697 g/mol. The van der Waals surface area contributed by atoms with E-state index in [1.807, 2.05) is 45.0 Å². The molecule has 1 aromatic rings. The summed E-state index contributed by atoms with van der Waals surface area (Å²) in [4.78, 5) is 70.3. The van der Waals surface area contributed by atoms with Crippen LogP contribution in [0.4, 0.5) is 4.79 Å². The van der Waals surface area contributed by atoms with E-state index in [0.29, 0.717) is 25.8 Å². The Balaban J connectivity index is 1.62. The number of sulfonamides is 1. The number of Topliss-reactive ketones (excluding diaryl/α,β-unsaturated/α-hetero) is 1. The topological polar surface area (TPSA) is 174 Å². The Morgan fingerprint density at radius 3 is 2.32 bits per heavy atom. The average molecular weight is 753 g/mol.